The molecule has 4 nitrogen and oxygen atoms in total. The summed E-state index contributed by atoms with van der Waals surface area (Å²) in [7, 11) is 0. The maximum atomic E-state index is 12.0. The van der Waals surface area contributed by atoms with Crippen LogP contribution in [0, 0.1) is 0 Å². The summed E-state index contributed by atoms with van der Waals surface area (Å²) < 4.78 is 5.77. The van der Waals surface area contributed by atoms with Crippen LogP contribution in [-0.2, 0) is 0 Å². The molecule has 0 aliphatic carbocycles. The number of nitrogens with zero attached hydrogens (tertiary/aromatic N) is 1. The number of rotatable bonds is 6. The summed E-state index contributed by atoms with van der Waals surface area (Å²) >= 11 is 0. The fourth-order valence-corrected chi connectivity index (χ4v) is 2.78. The summed E-state index contributed by atoms with van der Waals surface area (Å²) in [4.78, 5) is 14.6. The molecule has 1 aromatic carbocycles. The van der Waals surface area contributed by atoms with Crippen LogP contribution >= 0.6 is 0 Å². The van der Waals surface area contributed by atoms with Gasteiger partial charge in [0.15, 0.2) is 0 Å². The molecule has 0 bridgehead atoms. The summed E-state index contributed by atoms with van der Waals surface area (Å²) in [6.45, 7) is 10.2. The highest BCUT2D eigenvalue weighted by Crippen LogP contribution is 2.14. The number of piperidine rings is 1. The molecule has 1 aliphatic rings. The first kappa shape index (κ1) is 17.8. The molecular formula is C19H30N2O2. The predicted molar refractivity (Wildman–Crippen MR) is 94.1 cm³/mol. The lowest BCUT2D eigenvalue weighted by Gasteiger charge is -2.26. The number of likely N-dealkylation sites (tertiary alicyclic amines) is 1. The normalized spacial score (nSPS) is 16.1. The number of carbonyl (C=O) groups is 1. The molecule has 0 saturated carbocycles. The molecule has 1 heterocycles. The zero-order valence-electron chi connectivity index (χ0n) is 14.7. The Morgan fingerprint density at radius 1 is 1.13 bits per heavy atom. The van der Waals surface area contributed by atoms with Crippen LogP contribution in [0.15, 0.2) is 24.3 Å². The first-order valence-corrected chi connectivity index (χ1v) is 8.72. The Balaban J connectivity index is 1.71. The average Bonchev–Trinajstić information content (AvgIpc) is 2.51. The van der Waals surface area contributed by atoms with Crippen molar-refractivity contribution in [2.24, 2.45) is 0 Å². The van der Waals surface area contributed by atoms with Crippen molar-refractivity contribution < 1.29 is 9.53 Å². The number of benzene rings is 1. The Hall–Kier alpha value is -1.55. The molecule has 0 atom stereocenters. The quantitative estimate of drug-likeness (QED) is 0.817. The van der Waals surface area contributed by atoms with Gasteiger partial charge >= 0.3 is 0 Å². The third-order valence-electron chi connectivity index (χ3n) is 3.94. The van der Waals surface area contributed by atoms with Gasteiger partial charge in [-0.3, -0.25) is 4.79 Å². The molecule has 0 radical (unpaired) electrons. The van der Waals surface area contributed by atoms with Gasteiger partial charge in [-0.25, -0.2) is 0 Å². The number of hydrogen-bond donors (Lipinski definition) is 1. The van der Waals surface area contributed by atoms with Crippen LogP contribution < -0.4 is 10.1 Å². The third-order valence-corrected chi connectivity index (χ3v) is 3.94. The van der Waals surface area contributed by atoms with Gasteiger partial charge in [0.05, 0.1) is 6.61 Å². The minimum absolute atomic E-state index is 0.0471. The zero-order chi connectivity index (χ0) is 16.7. The molecule has 1 aromatic rings. The maximum absolute atomic E-state index is 12.0. The number of hydrogen-bond acceptors (Lipinski definition) is 3. The number of amides is 1. The second kappa shape index (κ2) is 8.34. The van der Waals surface area contributed by atoms with Crippen LogP contribution in [0.1, 0.15) is 56.8 Å². The van der Waals surface area contributed by atoms with Crippen LogP contribution in [0.2, 0.25) is 0 Å². The van der Waals surface area contributed by atoms with Gasteiger partial charge in [0, 0.05) is 17.6 Å². The minimum atomic E-state index is -0.222. The minimum Gasteiger partial charge on any atom is -0.494 e. The van der Waals surface area contributed by atoms with Gasteiger partial charge in [-0.15, -0.1) is 0 Å². The highest BCUT2D eigenvalue weighted by molar-refractivity contribution is 5.94. The van der Waals surface area contributed by atoms with E-state index in [2.05, 4.69) is 10.2 Å². The molecule has 23 heavy (non-hydrogen) atoms. The van der Waals surface area contributed by atoms with E-state index in [1.807, 2.05) is 45.0 Å². The Morgan fingerprint density at radius 3 is 2.39 bits per heavy atom. The summed E-state index contributed by atoms with van der Waals surface area (Å²) in [6, 6.07) is 7.39. The second-order valence-corrected chi connectivity index (χ2v) is 7.33. The van der Waals surface area contributed by atoms with Crippen LogP contribution in [0.4, 0.5) is 0 Å². The Kier molecular flexibility index (Phi) is 6.46. The van der Waals surface area contributed by atoms with E-state index in [-0.39, 0.29) is 11.4 Å². The Labute approximate surface area is 140 Å². The van der Waals surface area contributed by atoms with E-state index in [9.17, 15) is 4.79 Å². The van der Waals surface area contributed by atoms with Gasteiger partial charge in [-0.05, 0) is 77.4 Å². The van der Waals surface area contributed by atoms with E-state index >= 15 is 0 Å². The fourth-order valence-electron chi connectivity index (χ4n) is 2.78. The second-order valence-electron chi connectivity index (χ2n) is 7.33. The molecule has 1 saturated heterocycles. The van der Waals surface area contributed by atoms with Gasteiger partial charge in [-0.1, -0.05) is 6.42 Å². The molecule has 0 unspecified atom stereocenters. The van der Waals surface area contributed by atoms with E-state index in [0.717, 1.165) is 25.3 Å². The lowest BCUT2D eigenvalue weighted by Crippen LogP contribution is -2.40. The van der Waals surface area contributed by atoms with Gasteiger partial charge < -0.3 is 15.0 Å². The van der Waals surface area contributed by atoms with Crippen LogP contribution in [0.3, 0.4) is 0 Å². The van der Waals surface area contributed by atoms with Gasteiger partial charge in [0.1, 0.15) is 5.75 Å². The summed E-state index contributed by atoms with van der Waals surface area (Å²) in [5.74, 6) is 0.783. The smallest absolute Gasteiger partial charge is 0.251 e. The highest BCUT2D eigenvalue weighted by atomic mass is 16.5. The molecule has 4 heteroatoms. The first-order valence-electron chi connectivity index (χ1n) is 8.72. The van der Waals surface area contributed by atoms with Crippen LogP contribution in [0.25, 0.3) is 0 Å². The average molecular weight is 318 g/mol. The van der Waals surface area contributed by atoms with Crippen molar-refractivity contribution in [3.05, 3.63) is 29.8 Å². The number of nitrogens with one attached hydrogen (secondary N) is 1. The standard InChI is InChI=1S/C19H30N2O2/c1-19(2,3)20-18(22)16-8-10-17(11-9-16)23-15-7-14-21-12-5-4-6-13-21/h8-11H,4-7,12-15H2,1-3H3,(H,20,22). The van der Waals surface area contributed by atoms with Crippen LogP contribution in [-0.4, -0.2) is 42.6 Å². The topological polar surface area (TPSA) is 41.6 Å². The highest BCUT2D eigenvalue weighted by Gasteiger charge is 2.15. The van der Waals surface area contributed by atoms with E-state index < -0.39 is 0 Å². The molecule has 128 valence electrons. The molecule has 1 amide bonds. The van der Waals surface area contributed by atoms with Crippen molar-refractivity contribution in [2.75, 3.05) is 26.2 Å². The molecule has 2 rings (SSSR count). The summed E-state index contributed by atoms with van der Waals surface area (Å²) in [5, 5.41) is 2.96. The van der Waals surface area contributed by atoms with Crippen LogP contribution in [0.5, 0.6) is 5.75 Å². The number of ether oxygens (including phenoxy) is 1. The fraction of sp³-hybridized carbons (Fsp3) is 0.632. The molecular weight excluding hydrogens is 288 g/mol. The number of carbonyl (C=O) groups excluding carboxylic acids is 1. The first-order chi connectivity index (χ1) is 10.9. The van der Waals surface area contributed by atoms with E-state index in [4.69, 9.17) is 4.74 Å². The van der Waals surface area contributed by atoms with E-state index in [1.165, 1.54) is 32.4 Å². The van der Waals surface area contributed by atoms with Gasteiger partial charge in [0.25, 0.3) is 5.91 Å². The molecule has 0 spiro atoms. The van der Waals surface area contributed by atoms with Crippen molar-refractivity contribution in [1.29, 1.82) is 0 Å². The predicted octanol–water partition coefficient (Wildman–Crippen LogP) is 3.47. The van der Waals surface area contributed by atoms with Gasteiger partial charge in [0.2, 0.25) is 0 Å². The van der Waals surface area contributed by atoms with E-state index in [1.54, 1.807) is 0 Å². The third kappa shape index (κ3) is 6.61. The van der Waals surface area contributed by atoms with Crippen molar-refractivity contribution in [3.63, 3.8) is 0 Å². The molecule has 0 aromatic heterocycles. The largest absolute Gasteiger partial charge is 0.494 e. The lowest BCUT2D eigenvalue weighted by atomic mass is 10.1. The zero-order valence-corrected chi connectivity index (χ0v) is 14.7. The van der Waals surface area contributed by atoms with Crippen molar-refractivity contribution in [1.82, 2.24) is 10.2 Å². The molecule has 1 N–H and O–H groups in total. The summed E-state index contributed by atoms with van der Waals surface area (Å²) in [5.41, 5.74) is 0.446. The maximum Gasteiger partial charge on any atom is 0.251 e. The Morgan fingerprint density at radius 2 is 1.78 bits per heavy atom. The Bertz CT molecular complexity index is 485. The van der Waals surface area contributed by atoms with Crippen molar-refractivity contribution in [3.8, 4) is 5.75 Å². The van der Waals surface area contributed by atoms with Gasteiger partial charge in [-0.2, -0.15) is 0 Å². The SMILES string of the molecule is CC(C)(C)NC(=O)c1ccc(OCCCN2CCCCC2)cc1. The van der Waals surface area contributed by atoms with Crippen molar-refractivity contribution in [2.45, 2.75) is 52.0 Å². The molecule has 1 fully saturated rings. The van der Waals surface area contributed by atoms with E-state index in [0.29, 0.717) is 5.56 Å². The van der Waals surface area contributed by atoms with Crippen molar-refractivity contribution >= 4 is 5.91 Å². The summed E-state index contributed by atoms with van der Waals surface area (Å²) in [6.07, 6.45) is 5.09. The monoisotopic (exact) mass is 318 g/mol. The molecule has 1 aliphatic heterocycles. The lowest BCUT2D eigenvalue weighted by molar-refractivity contribution is 0.0919.